The minimum atomic E-state index is -0.733. The number of hydrogen-bond donors (Lipinski definition) is 0. The first-order chi connectivity index (χ1) is 11.6. The maximum absolute atomic E-state index is 12.7. The second kappa shape index (κ2) is 6.23. The molecule has 24 heavy (non-hydrogen) atoms. The van der Waals surface area contributed by atoms with Gasteiger partial charge in [0.15, 0.2) is 11.2 Å². The predicted molar refractivity (Wildman–Crippen MR) is 87.0 cm³/mol. The molecular formula is C16H17N5O3. The minimum Gasteiger partial charge on any atom is -0.467 e. The molecule has 0 amide bonds. The van der Waals surface area contributed by atoms with Crippen LogP contribution in [0.15, 0.2) is 35.4 Å². The van der Waals surface area contributed by atoms with Crippen molar-refractivity contribution in [2.24, 2.45) is 0 Å². The van der Waals surface area contributed by atoms with Gasteiger partial charge in [0.1, 0.15) is 12.4 Å². The van der Waals surface area contributed by atoms with E-state index in [0.717, 1.165) is 11.3 Å². The molecule has 0 aliphatic carbocycles. The highest BCUT2D eigenvalue weighted by molar-refractivity contribution is 5.75. The van der Waals surface area contributed by atoms with Gasteiger partial charge in [0, 0.05) is 0 Å². The molecule has 0 saturated carbocycles. The lowest BCUT2D eigenvalue weighted by Gasteiger charge is -2.14. The van der Waals surface area contributed by atoms with Crippen LogP contribution < -0.4 is 5.56 Å². The Bertz CT molecular complexity index is 960. The fourth-order valence-corrected chi connectivity index (χ4v) is 2.59. The molecule has 0 aliphatic rings. The van der Waals surface area contributed by atoms with Crippen LogP contribution >= 0.6 is 0 Å². The Morgan fingerprint density at radius 1 is 1.38 bits per heavy atom. The van der Waals surface area contributed by atoms with Crippen LogP contribution in [0.1, 0.15) is 24.9 Å². The third-order valence-electron chi connectivity index (χ3n) is 3.83. The van der Waals surface area contributed by atoms with Crippen molar-refractivity contribution in [3.05, 3.63) is 46.5 Å². The summed E-state index contributed by atoms with van der Waals surface area (Å²) < 4.78 is 7.49. The Balaban J connectivity index is 2.16. The highest BCUT2D eigenvalue weighted by Gasteiger charge is 2.23. The zero-order chi connectivity index (χ0) is 17.3. The van der Waals surface area contributed by atoms with Crippen molar-refractivity contribution in [1.82, 2.24) is 24.5 Å². The topological polar surface area (TPSA) is 91.9 Å². The number of benzene rings is 1. The van der Waals surface area contributed by atoms with Crippen LogP contribution in [0.5, 0.6) is 0 Å². The fraction of sp³-hybridized carbons (Fsp3) is 0.312. The molecule has 1 atom stereocenters. The number of rotatable bonds is 4. The van der Waals surface area contributed by atoms with Gasteiger partial charge in [0.05, 0.1) is 12.8 Å². The van der Waals surface area contributed by atoms with Gasteiger partial charge in [-0.25, -0.2) is 9.78 Å². The maximum atomic E-state index is 12.7. The fourth-order valence-electron chi connectivity index (χ4n) is 2.59. The molecule has 3 rings (SSSR count). The molecule has 0 saturated heterocycles. The van der Waals surface area contributed by atoms with Crippen molar-refractivity contribution >= 4 is 17.1 Å². The number of carbonyl (C=O) groups excluding carboxylic acids is 1. The highest BCUT2D eigenvalue weighted by Crippen LogP contribution is 2.15. The molecular weight excluding hydrogens is 310 g/mol. The first-order valence-corrected chi connectivity index (χ1v) is 7.54. The van der Waals surface area contributed by atoms with E-state index in [-0.39, 0.29) is 5.52 Å². The van der Waals surface area contributed by atoms with Crippen LogP contribution in [0, 0.1) is 6.92 Å². The average molecular weight is 327 g/mol. The van der Waals surface area contributed by atoms with E-state index in [2.05, 4.69) is 15.3 Å². The molecule has 1 aromatic carbocycles. The zero-order valence-electron chi connectivity index (χ0n) is 13.6. The molecule has 0 radical (unpaired) electrons. The summed E-state index contributed by atoms with van der Waals surface area (Å²) in [5.41, 5.74) is 1.86. The maximum Gasteiger partial charge on any atom is 0.329 e. The summed E-state index contributed by atoms with van der Waals surface area (Å²) in [6.07, 6.45) is 1.75. The van der Waals surface area contributed by atoms with Crippen molar-refractivity contribution in [2.75, 3.05) is 7.11 Å². The molecule has 8 heteroatoms. The molecule has 0 spiro atoms. The first kappa shape index (κ1) is 15.9. The second-order valence-corrected chi connectivity index (χ2v) is 5.42. The number of fused-ring (bicyclic) bond motifs is 1. The van der Waals surface area contributed by atoms with Gasteiger partial charge in [-0.15, -0.1) is 5.10 Å². The zero-order valence-corrected chi connectivity index (χ0v) is 13.6. The Morgan fingerprint density at radius 2 is 2.17 bits per heavy atom. The molecule has 0 aliphatic heterocycles. The van der Waals surface area contributed by atoms with Gasteiger partial charge in [0.25, 0.3) is 5.56 Å². The standard InChI is InChI=1S/C16H17N5O3/c1-4-12(16(23)24-3)20-9-17-14-13(15(20)22)18-19-21(14)11-7-5-6-10(2)8-11/h5-9,12H,4H2,1-3H3. The number of carbonyl (C=O) groups is 1. The van der Waals surface area contributed by atoms with Gasteiger partial charge >= 0.3 is 5.97 Å². The highest BCUT2D eigenvalue weighted by atomic mass is 16.5. The number of methoxy groups -OCH3 is 1. The number of esters is 1. The molecule has 3 aromatic rings. The molecule has 8 nitrogen and oxygen atoms in total. The summed E-state index contributed by atoms with van der Waals surface area (Å²) in [5, 5.41) is 7.99. The van der Waals surface area contributed by atoms with Gasteiger partial charge in [-0.1, -0.05) is 24.3 Å². The minimum absolute atomic E-state index is 0.112. The quantitative estimate of drug-likeness (QED) is 0.673. The van der Waals surface area contributed by atoms with Crippen molar-refractivity contribution in [3.63, 3.8) is 0 Å². The third kappa shape index (κ3) is 2.55. The van der Waals surface area contributed by atoms with Crippen LogP contribution in [-0.4, -0.2) is 37.6 Å². The molecule has 124 valence electrons. The normalized spacial score (nSPS) is 12.3. The van der Waals surface area contributed by atoms with Crippen molar-refractivity contribution in [2.45, 2.75) is 26.3 Å². The van der Waals surface area contributed by atoms with Crippen LogP contribution in [-0.2, 0) is 9.53 Å². The molecule has 2 heterocycles. The summed E-state index contributed by atoms with van der Waals surface area (Å²) in [5.74, 6) is -0.494. The molecule has 0 N–H and O–H groups in total. The Hall–Kier alpha value is -3.03. The van der Waals surface area contributed by atoms with Crippen LogP contribution in [0.3, 0.4) is 0 Å². The Labute approximate surface area is 137 Å². The van der Waals surface area contributed by atoms with Gasteiger partial charge in [-0.3, -0.25) is 9.36 Å². The van der Waals surface area contributed by atoms with E-state index < -0.39 is 17.6 Å². The van der Waals surface area contributed by atoms with E-state index in [4.69, 9.17) is 4.74 Å². The summed E-state index contributed by atoms with van der Waals surface area (Å²) in [6, 6.07) is 6.90. The number of nitrogens with zero attached hydrogens (tertiary/aromatic N) is 5. The second-order valence-electron chi connectivity index (χ2n) is 5.42. The van der Waals surface area contributed by atoms with Crippen molar-refractivity contribution < 1.29 is 9.53 Å². The van der Waals surface area contributed by atoms with Crippen molar-refractivity contribution in [1.29, 1.82) is 0 Å². The average Bonchev–Trinajstić information content (AvgIpc) is 3.02. The van der Waals surface area contributed by atoms with Gasteiger partial charge in [-0.2, -0.15) is 4.68 Å². The van der Waals surface area contributed by atoms with E-state index in [9.17, 15) is 9.59 Å². The molecule has 0 bridgehead atoms. The number of ether oxygens (including phenoxy) is 1. The van der Waals surface area contributed by atoms with Crippen LogP contribution in [0.2, 0.25) is 0 Å². The lowest BCUT2D eigenvalue weighted by molar-refractivity contribution is -0.144. The van der Waals surface area contributed by atoms with E-state index in [1.165, 1.54) is 22.7 Å². The number of aryl methyl sites for hydroxylation is 1. The van der Waals surface area contributed by atoms with Gasteiger partial charge < -0.3 is 4.74 Å². The third-order valence-corrected chi connectivity index (χ3v) is 3.83. The van der Waals surface area contributed by atoms with Crippen LogP contribution in [0.4, 0.5) is 0 Å². The van der Waals surface area contributed by atoms with Gasteiger partial charge in [-0.05, 0) is 31.0 Å². The summed E-state index contributed by atoms with van der Waals surface area (Å²) in [4.78, 5) is 28.8. The van der Waals surface area contributed by atoms with E-state index in [0.29, 0.717) is 12.1 Å². The molecule has 1 unspecified atom stereocenters. The summed E-state index contributed by atoms with van der Waals surface area (Å²) in [7, 11) is 1.29. The molecule has 0 fully saturated rings. The summed E-state index contributed by atoms with van der Waals surface area (Å²) in [6.45, 7) is 3.76. The van der Waals surface area contributed by atoms with E-state index in [1.807, 2.05) is 31.2 Å². The number of hydrogen-bond acceptors (Lipinski definition) is 6. The Kier molecular flexibility index (Phi) is 4.11. The first-order valence-electron chi connectivity index (χ1n) is 7.54. The van der Waals surface area contributed by atoms with Gasteiger partial charge in [0.2, 0.25) is 0 Å². The SMILES string of the molecule is CCC(C(=O)OC)n1cnc2c(nnn2-c2cccc(C)c2)c1=O. The lowest BCUT2D eigenvalue weighted by Crippen LogP contribution is -2.30. The number of aromatic nitrogens is 5. The predicted octanol–water partition coefficient (Wildman–Crippen LogP) is 1.41. The monoisotopic (exact) mass is 327 g/mol. The summed E-state index contributed by atoms with van der Waals surface area (Å²) >= 11 is 0. The van der Waals surface area contributed by atoms with Crippen LogP contribution in [0.25, 0.3) is 16.9 Å². The smallest absolute Gasteiger partial charge is 0.329 e. The largest absolute Gasteiger partial charge is 0.467 e. The lowest BCUT2D eigenvalue weighted by atomic mass is 10.2. The Morgan fingerprint density at radius 3 is 2.83 bits per heavy atom. The molecule has 2 aromatic heterocycles. The van der Waals surface area contributed by atoms with Crippen molar-refractivity contribution in [3.8, 4) is 5.69 Å². The van der Waals surface area contributed by atoms with E-state index >= 15 is 0 Å². The van der Waals surface area contributed by atoms with E-state index in [1.54, 1.807) is 6.92 Å².